The van der Waals surface area contributed by atoms with Crippen molar-refractivity contribution >= 4 is 99.1 Å². The molecule has 0 atom stereocenters. The number of rotatable bonds is 65. The number of nitrogens with zero attached hydrogens (tertiary/aromatic N) is 6. The van der Waals surface area contributed by atoms with E-state index in [9.17, 15) is 53.5 Å². The molecule has 7 rings (SSSR count). The molecule has 684 valence electrons. The number of carbonyl (C=O) groups is 10. The van der Waals surface area contributed by atoms with E-state index in [0.29, 0.717) is 106 Å². The average molecular weight is 1770 g/mol. The van der Waals surface area contributed by atoms with Gasteiger partial charge in [-0.15, -0.1) is 0 Å². The van der Waals surface area contributed by atoms with Crippen LogP contribution in [0.4, 0.5) is 39.8 Å². The van der Waals surface area contributed by atoms with Gasteiger partial charge in [0.15, 0.2) is 0 Å². The summed E-state index contributed by atoms with van der Waals surface area (Å²) in [5.74, 6) is -9.97. The predicted octanol–water partition coefficient (Wildman–Crippen LogP) is 7.74. The molecule has 0 aliphatic carbocycles. The van der Waals surface area contributed by atoms with Crippen LogP contribution < -0.4 is 31.9 Å². The number of methoxy groups -OCH3 is 4. The van der Waals surface area contributed by atoms with Crippen LogP contribution in [0.25, 0.3) is 10.4 Å². The zero-order valence-electron chi connectivity index (χ0n) is 70.8. The van der Waals surface area contributed by atoms with Gasteiger partial charge < -0.3 is 127 Å². The number of para-hydroxylation sites is 4. The number of esters is 4. The fourth-order valence-corrected chi connectivity index (χ4v) is 10.6. The normalized spacial score (nSPS) is 10.9. The summed E-state index contributed by atoms with van der Waals surface area (Å²) in [6.45, 7) is 6.97. The quantitative estimate of drug-likeness (QED) is 0.00530. The van der Waals surface area contributed by atoms with Crippen LogP contribution in [0.2, 0.25) is 0 Å². The first-order chi connectivity index (χ1) is 62.0. The standard InChI is InChI=1S/C85H104N12O30/c1-108-21-25-112-29-33-116-37-41-120-45-49-124-82(104)62-13-5-9-17-66(62)92-78(100)70-53-59(54-71(89-70)79(101)93-67-18-10-6-14-63(67)83(105)125-50-46-121-42-38-117-34-30-113-26-22-109-2)87-76(98)74-57-61(96-97-86)58-75(91-74)77(99)88-60-55-72(80(102)94-68-19-11-7-15-64(68)84(106)126-51-47-122-43-39-118-35-31-114-27-23-110-3)90-73(56-60)81(103)95-69-20-12-8-16-65(69)85(107)127-52-48-123-44-40-119-36-32-115-28-24-111-4/h5-20,53-58H,21-52H2,1-4H3,(H,92,100)(H,93,101)(H,94,102)(H,95,103)(H,87,89,98)(H,88,90,99). The maximum Gasteiger partial charge on any atom is 0.340 e. The number of anilines is 6. The number of aromatic nitrogens is 3. The van der Waals surface area contributed by atoms with Gasteiger partial charge in [0.25, 0.3) is 35.4 Å². The molecule has 0 fully saturated rings. The van der Waals surface area contributed by atoms with Gasteiger partial charge >= 0.3 is 23.9 Å². The number of amides is 6. The van der Waals surface area contributed by atoms with E-state index in [-0.39, 0.29) is 168 Å². The van der Waals surface area contributed by atoms with Crippen molar-refractivity contribution in [3.05, 3.63) is 200 Å². The first-order valence-corrected chi connectivity index (χ1v) is 40.0. The molecule has 42 heteroatoms. The van der Waals surface area contributed by atoms with Crippen molar-refractivity contribution in [2.75, 3.05) is 272 Å². The molecule has 0 spiro atoms. The fraction of sp³-hybridized carbons (Fsp3) is 0.424. The van der Waals surface area contributed by atoms with Gasteiger partial charge in [0.05, 0.1) is 230 Å². The van der Waals surface area contributed by atoms with E-state index >= 15 is 0 Å². The van der Waals surface area contributed by atoms with Crippen LogP contribution in [-0.4, -0.2) is 314 Å². The Balaban J connectivity index is 1.13. The van der Waals surface area contributed by atoms with E-state index in [1.165, 1.54) is 97.1 Å². The topological polar surface area (TPSA) is 515 Å². The minimum Gasteiger partial charge on any atom is -0.460 e. The third-order valence-electron chi connectivity index (χ3n) is 16.7. The number of carbonyl (C=O) groups excluding carboxylic acids is 10. The molecule has 0 saturated heterocycles. The lowest BCUT2D eigenvalue weighted by atomic mass is 10.1. The molecule has 42 nitrogen and oxygen atoms in total. The lowest BCUT2D eigenvalue weighted by molar-refractivity contribution is -0.00557. The van der Waals surface area contributed by atoms with Crippen LogP contribution in [0.1, 0.15) is 104 Å². The van der Waals surface area contributed by atoms with Crippen molar-refractivity contribution in [2.45, 2.75) is 0 Å². The summed E-state index contributed by atoms with van der Waals surface area (Å²) in [4.78, 5) is 158. The van der Waals surface area contributed by atoms with E-state index in [1.807, 2.05) is 0 Å². The lowest BCUT2D eigenvalue weighted by Gasteiger charge is -2.14. The Kier molecular flexibility index (Phi) is 49.0. The second-order valence-electron chi connectivity index (χ2n) is 25.8. The summed E-state index contributed by atoms with van der Waals surface area (Å²) in [5, 5.41) is 19.1. The van der Waals surface area contributed by atoms with Crippen LogP contribution in [0, 0.1) is 0 Å². The van der Waals surface area contributed by atoms with E-state index in [1.54, 1.807) is 28.4 Å². The second kappa shape index (κ2) is 61.1. The summed E-state index contributed by atoms with van der Waals surface area (Å²) >= 11 is 0. The monoisotopic (exact) mass is 1770 g/mol. The van der Waals surface area contributed by atoms with E-state index in [2.05, 4.69) is 56.9 Å². The minimum absolute atomic E-state index is 0.0132. The van der Waals surface area contributed by atoms with Crippen molar-refractivity contribution in [1.82, 2.24) is 15.0 Å². The molecule has 0 radical (unpaired) electrons. The van der Waals surface area contributed by atoms with Gasteiger partial charge in [0, 0.05) is 50.4 Å². The van der Waals surface area contributed by atoms with Crippen molar-refractivity contribution in [3.8, 4) is 0 Å². The van der Waals surface area contributed by atoms with Gasteiger partial charge in [0.1, 0.15) is 60.6 Å². The molecule has 4 aromatic carbocycles. The molecule has 3 heterocycles. The highest BCUT2D eigenvalue weighted by Gasteiger charge is 2.27. The average Bonchev–Trinajstić information content (AvgIpc) is 0.804. The highest BCUT2D eigenvalue weighted by atomic mass is 16.6. The Hall–Kier alpha value is -12.3. The number of nitrogens with one attached hydrogen (secondary N) is 6. The molecule has 0 saturated carbocycles. The molecule has 127 heavy (non-hydrogen) atoms. The van der Waals surface area contributed by atoms with Gasteiger partial charge in [-0.25, -0.2) is 34.1 Å². The zero-order valence-corrected chi connectivity index (χ0v) is 70.8. The molecule has 0 aliphatic heterocycles. The first-order valence-electron chi connectivity index (χ1n) is 40.0. The third-order valence-corrected chi connectivity index (χ3v) is 16.7. The highest BCUT2D eigenvalue weighted by Crippen LogP contribution is 2.27. The summed E-state index contributed by atoms with van der Waals surface area (Å²) in [5.41, 5.74) is 4.50. The van der Waals surface area contributed by atoms with Gasteiger partial charge in [0.2, 0.25) is 0 Å². The Bertz CT molecular complexity index is 4170. The van der Waals surface area contributed by atoms with Crippen LogP contribution in [-0.2, 0) is 94.7 Å². The number of benzene rings is 4. The minimum atomic E-state index is -1.17. The van der Waals surface area contributed by atoms with Crippen LogP contribution in [0.15, 0.2) is 139 Å². The zero-order chi connectivity index (χ0) is 90.7. The molecule has 0 unspecified atom stereocenters. The molecular weight excluding hydrogens is 1670 g/mol. The fourth-order valence-electron chi connectivity index (χ4n) is 10.6. The summed E-state index contributed by atoms with van der Waals surface area (Å²) in [6, 6.07) is 29.3. The molecule has 0 bridgehead atoms. The van der Waals surface area contributed by atoms with Gasteiger partial charge in [-0.05, 0) is 90.5 Å². The van der Waals surface area contributed by atoms with Gasteiger partial charge in [-0.2, -0.15) is 0 Å². The number of azide groups is 1. The van der Waals surface area contributed by atoms with Crippen LogP contribution >= 0.6 is 0 Å². The smallest absolute Gasteiger partial charge is 0.340 e. The summed E-state index contributed by atoms with van der Waals surface area (Å²) in [6.07, 6.45) is 0. The number of pyridine rings is 3. The Labute approximate surface area is 731 Å². The number of ether oxygens (including phenoxy) is 20. The van der Waals surface area contributed by atoms with E-state index in [4.69, 9.17) is 94.7 Å². The lowest BCUT2D eigenvalue weighted by Crippen LogP contribution is -2.23. The number of hydrogen-bond acceptors (Lipinski definition) is 34. The summed E-state index contributed by atoms with van der Waals surface area (Å²) < 4.78 is 107. The van der Waals surface area contributed by atoms with Crippen molar-refractivity contribution < 1.29 is 143 Å². The first kappa shape index (κ1) is 102. The molecule has 6 amide bonds. The Morgan fingerprint density at radius 2 is 0.441 bits per heavy atom. The SMILES string of the molecule is COCCOCCOCCOCCOC(=O)c1ccccc1NC(=O)c1cc(NC(=O)c2cc(N=[N+]=[N-])cc(C(=O)Nc3cc(C(=O)Nc4ccccc4C(=O)OCCOCCOCCOCCOC)nc(C(=O)Nc4ccccc4C(=O)OCCOCCOCCOCCOC)c3)n2)cc(C(=O)Nc2ccccc2C(=O)OCCOCCOCCOCCOC)n1. The van der Waals surface area contributed by atoms with Crippen LogP contribution in [0.5, 0.6) is 0 Å². The van der Waals surface area contributed by atoms with Gasteiger partial charge in [-0.3, -0.25) is 28.8 Å². The maximum absolute atomic E-state index is 14.7. The van der Waals surface area contributed by atoms with Gasteiger partial charge in [-0.1, -0.05) is 53.6 Å². The number of hydrogen-bond donors (Lipinski definition) is 6. The largest absolute Gasteiger partial charge is 0.460 e. The van der Waals surface area contributed by atoms with Crippen molar-refractivity contribution in [2.24, 2.45) is 5.11 Å². The molecule has 0 aliphatic rings. The predicted molar refractivity (Wildman–Crippen MR) is 453 cm³/mol. The van der Waals surface area contributed by atoms with Crippen molar-refractivity contribution in [3.63, 3.8) is 0 Å². The molecule has 7 aromatic rings. The third kappa shape index (κ3) is 39.0. The highest BCUT2D eigenvalue weighted by molar-refractivity contribution is 6.14. The molecule has 3 aromatic heterocycles. The maximum atomic E-state index is 14.7. The Morgan fingerprint density at radius 1 is 0.260 bits per heavy atom. The van der Waals surface area contributed by atoms with Crippen LogP contribution in [0.3, 0.4) is 0 Å². The Morgan fingerprint density at radius 3 is 0.646 bits per heavy atom. The van der Waals surface area contributed by atoms with Crippen molar-refractivity contribution in [1.29, 1.82) is 0 Å². The molecular formula is C85H104N12O30. The second-order valence-corrected chi connectivity index (χ2v) is 25.8. The van der Waals surface area contributed by atoms with E-state index in [0.717, 1.165) is 36.4 Å². The molecule has 6 N–H and O–H groups in total. The van der Waals surface area contributed by atoms with E-state index < -0.39 is 93.5 Å². The summed E-state index contributed by atoms with van der Waals surface area (Å²) in [7, 11) is 6.26.